The Morgan fingerprint density at radius 3 is 2.58 bits per heavy atom. The van der Waals surface area contributed by atoms with Crippen molar-refractivity contribution in [2.24, 2.45) is 0 Å². The van der Waals surface area contributed by atoms with Crippen molar-refractivity contribution < 1.29 is 0 Å². The number of hydrogen-bond donors (Lipinski definition) is 1. The molecule has 2 aromatic rings. The molecule has 2 aromatic carbocycles. The molecule has 1 nitrogen and oxygen atoms in total. The van der Waals surface area contributed by atoms with E-state index in [1.54, 1.807) is 11.8 Å². The fraction of sp³-hybridized carbons (Fsp3) is 0.250. The zero-order valence-corrected chi connectivity index (χ0v) is 13.6. The van der Waals surface area contributed by atoms with Gasteiger partial charge in [0.05, 0.1) is 0 Å². The average Bonchev–Trinajstić information content (AvgIpc) is 2.38. The molecule has 0 radical (unpaired) electrons. The van der Waals surface area contributed by atoms with Gasteiger partial charge in [0.1, 0.15) is 0 Å². The van der Waals surface area contributed by atoms with Gasteiger partial charge in [0.25, 0.3) is 0 Å². The first kappa shape index (κ1) is 14.6. The standard InChI is InChI=1S/C16H18BrNS/c1-3-18-11-13-7-8-16(9-12(13)2)19-15-6-4-5-14(17)10-15/h4-10,18H,3,11H2,1-2H3. The van der Waals surface area contributed by atoms with Crippen LogP contribution in [0.5, 0.6) is 0 Å². The highest BCUT2D eigenvalue weighted by molar-refractivity contribution is 9.10. The molecule has 1 N–H and O–H groups in total. The third-order valence-electron chi connectivity index (χ3n) is 2.91. The molecule has 0 saturated carbocycles. The zero-order valence-electron chi connectivity index (χ0n) is 11.2. The Hall–Kier alpha value is -0.770. The maximum Gasteiger partial charge on any atom is 0.0208 e. The fourth-order valence-corrected chi connectivity index (χ4v) is 3.38. The van der Waals surface area contributed by atoms with Crippen LogP contribution in [-0.4, -0.2) is 6.54 Å². The lowest BCUT2D eigenvalue weighted by atomic mass is 10.1. The summed E-state index contributed by atoms with van der Waals surface area (Å²) < 4.78 is 1.12. The van der Waals surface area contributed by atoms with Crippen LogP contribution in [0.1, 0.15) is 18.1 Å². The van der Waals surface area contributed by atoms with E-state index in [4.69, 9.17) is 0 Å². The summed E-state index contributed by atoms with van der Waals surface area (Å²) in [5.41, 5.74) is 2.72. The first-order valence-electron chi connectivity index (χ1n) is 6.42. The maximum absolute atomic E-state index is 3.51. The zero-order chi connectivity index (χ0) is 13.7. The molecule has 0 heterocycles. The topological polar surface area (TPSA) is 12.0 Å². The van der Waals surface area contributed by atoms with Gasteiger partial charge in [0.15, 0.2) is 0 Å². The molecule has 0 aliphatic rings. The van der Waals surface area contributed by atoms with Gasteiger partial charge in [0.2, 0.25) is 0 Å². The van der Waals surface area contributed by atoms with Gasteiger partial charge in [-0.3, -0.25) is 0 Å². The molecule has 0 spiro atoms. The number of benzene rings is 2. The Morgan fingerprint density at radius 1 is 1.11 bits per heavy atom. The quantitative estimate of drug-likeness (QED) is 0.823. The molecule has 19 heavy (non-hydrogen) atoms. The molecule has 0 aromatic heterocycles. The van der Waals surface area contributed by atoms with Crippen molar-refractivity contribution in [2.45, 2.75) is 30.2 Å². The van der Waals surface area contributed by atoms with E-state index >= 15 is 0 Å². The van der Waals surface area contributed by atoms with Gasteiger partial charge in [0, 0.05) is 20.8 Å². The highest BCUT2D eigenvalue weighted by Crippen LogP contribution is 2.30. The smallest absolute Gasteiger partial charge is 0.0208 e. The van der Waals surface area contributed by atoms with E-state index in [0.29, 0.717) is 0 Å². The molecule has 2 rings (SSSR count). The van der Waals surface area contributed by atoms with Gasteiger partial charge in [-0.2, -0.15) is 0 Å². The third-order valence-corrected chi connectivity index (χ3v) is 4.38. The highest BCUT2D eigenvalue weighted by atomic mass is 79.9. The lowest BCUT2D eigenvalue weighted by Crippen LogP contribution is -2.12. The predicted octanol–water partition coefficient (Wildman–Crippen LogP) is 5.02. The second-order valence-corrected chi connectivity index (χ2v) is 6.49. The van der Waals surface area contributed by atoms with E-state index in [-0.39, 0.29) is 0 Å². The summed E-state index contributed by atoms with van der Waals surface area (Å²) in [6, 6.07) is 15.1. The van der Waals surface area contributed by atoms with Crippen molar-refractivity contribution >= 4 is 27.7 Å². The molecule has 0 aliphatic carbocycles. The Balaban J connectivity index is 2.11. The summed E-state index contributed by atoms with van der Waals surface area (Å²) in [6.45, 7) is 6.27. The van der Waals surface area contributed by atoms with Gasteiger partial charge in [-0.25, -0.2) is 0 Å². The SMILES string of the molecule is CCNCc1ccc(Sc2cccc(Br)c2)cc1C. The summed E-state index contributed by atoms with van der Waals surface area (Å²) in [5.74, 6) is 0. The highest BCUT2D eigenvalue weighted by Gasteiger charge is 2.02. The first-order chi connectivity index (χ1) is 9.19. The molecule has 0 unspecified atom stereocenters. The van der Waals surface area contributed by atoms with Crippen LogP contribution in [0.2, 0.25) is 0 Å². The number of hydrogen-bond acceptors (Lipinski definition) is 2. The average molecular weight is 336 g/mol. The first-order valence-corrected chi connectivity index (χ1v) is 8.03. The van der Waals surface area contributed by atoms with Crippen molar-refractivity contribution in [3.63, 3.8) is 0 Å². The van der Waals surface area contributed by atoms with Gasteiger partial charge in [-0.1, -0.05) is 46.7 Å². The third kappa shape index (κ3) is 4.37. The molecular formula is C16H18BrNS. The Bertz CT molecular complexity index is 554. The Labute approximate surface area is 127 Å². The predicted molar refractivity (Wildman–Crippen MR) is 86.8 cm³/mol. The van der Waals surface area contributed by atoms with E-state index in [0.717, 1.165) is 17.6 Å². The van der Waals surface area contributed by atoms with Crippen molar-refractivity contribution in [3.8, 4) is 0 Å². The monoisotopic (exact) mass is 335 g/mol. The van der Waals surface area contributed by atoms with Crippen LogP contribution in [0, 0.1) is 6.92 Å². The van der Waals surface area contributed by atoms with Gasteiger partial charge in [-0.15, -0.1) is 0 Å². The van der Waals surface area contributed by atoms with Crippen LogP contribution in [0.3, 0.4) is 0 Å². The van der Waals surface area contributed by atoms with Crippen molar-refractivity contribution in [2.75, 3.05) is 6.54 Å². The molecule has 100 valence electrons. The lowest BCUT2D eigenvalue weighted by molar-refractivity contribution is 0.723. The number of nitrogens with one attached hydrogen (secondary N) is 1. The van der Waals surface area contributed by atoms with E-state index in [2.05, 4.69) is 77.6 Å². The summed E-state index contributed by atoms with van der Waals surface area (Å²) in [6.07, 6.45) is 0. The summed E-state index contributed by atoms with van der Waals surface area (Å²) >= 11 is 5.31. The minimum absolute atomic E-state index is 0.949. The summed E-state index contributed by atoms with van der Waals surface area (Å²) in [4.78, 5) is 2.55. The maximum atomic E-state index is 3.51. The van der Waals surface area contributed by atoms with E-state index in [1.807, 2.05) is 0 Å². The molecule has 0 aliphatic heterocycles. The van der Waals surface area contributed by atoms with Crippen molar-refractivity contribution in [1.29, 1.82) is 0 Å². The second kappa shape index (κ2) is 7.13. The molecule has 0 saturated heterocycles. The lowest BCUT2D eigenvalue weighted by Gasteiger charge is -2.09. The van der Waals surface area contributed by atoms with Crippen LogP contribution in [0.15, 0.2) is 56.7 Å². The van der Waals surface area contributed by atoms with E-state index in [9.17, 15) is 0 Å². The molecule has 0 amide bonds. The summed E-state index contributed by atoms with van der Waals surface area (Å²) in [5, 5.41) is 3.37. The van der Waals surface area contributed by atoms with Crippen LogP contribution >= 0.6 is 27.7 Å². The molecule has 0 fully saturated rings. The number of rotatable bonds is 5. The van der Waals surface area contributed by atoms with Crippen molar-refractivity contribution in [1.82, 2.24) is 5.32 Å². The fourth-order valence-electron chi connectivity index (χ4n) is 1.86. The van der Waals surface area contributed by atoms with Gasteiger partial charge < -0.3 is 5.32 Å². The van der Waals surface area contributed by atoms with Gasteiger partial charge >= 0.3 is 0 Å². The van der Waals surface area contributed by atoms with Crippen molar-refractivity contribution in [3.05, 3.63) is 58.1 Å². The van der Waals surface area contributed by atoms with E-state index in [1.165, 1.54) is 20.9 Å². The Morgan fingerprint density at radius 2 is 1.89 bits per heavy atom. The molecular weight excluding hydrogens is 318 g/mol. The number of halogens is 1. The van der Waals surface area contributed by atoms with Crippen LogP contribution in [-0.2, 0) is 6.54 Å². The minimum atomic E-state index is 0.949. The molecule has 0 atom stereocenters. The largest absolute Gasteiger partial charge is 0.313 e. The number of aryl methyl sites for hydroxylation is 1. The van der Waals surface area contributed by atoms with Crippen LogP contribution in [0.25, 0.3) is 0 Å². The Kier molecular flexibility index (Phi) is 5.49. The summed E-state index contributed by atoms with van der Waals surface area (Å²) in [7, 11) is 0. The molecule has 0 bridgehead atoms. The van der Waals surface area contributed by atoms with Gasteiger partial charge in [-0.05, 0) is 54.9 Å². The normalized spacial score (nSPS) is 10.7. The second-order valence-electron chi connectivity index (χ2n) is 4.43. The molecule has 3 heteroatoms. The minimum Gasteiger partial charge on any atom is -0.313 e. The van der Waals surface area contributed by atoms with Crippen LogP contribution < -0.4 is 5.32 Å². The van der Waals surface area contributed by atoms with E-state index < -0.39 is 0 Å². The van der Waals surface area contributed by atoms with Crippen LogP contribution in [0.4, 0.5) is 0 Å².